The van der Waals surface area contributed by atoms with E-state index in [1.54, 1.807) is 6.07 Å². The number of rotatable bonds is 3. The van der Waals surface area contributed by atoms with Gasteiger partial charge in [0, 0.05) is 12.7 Å². The highest BCUT2D eigenvalue weighted by atomic mass is 35.5. The third kappa shape index (κ3) is 2.91. The van der Waals surface area contributed by atoms with Gasteiger partial charge >= 0.3 is 0 Å². The fourth-order valence-electron chi connectivity index (χ4n) is 1.37. The predicted octanol–water partition coefficient (Wildman–Crippen LogP) is 3.63. The minimum Gasteiger partial charge on any atom is -0.379 e. The highest BCUT2D eigenvalue weighted by molar-refractivity contribution is 6.30. The van der Waals surface area contributed by atoms with Crippen LogP contribution < -0.4 is 5.32 Å². The number of pyridine rings is 1. The molecule has 0 atom stereocenters. The lowest BCUT2D eigenvalue weighted by molar-refractivity contribution is 0.623. The number of benzene rings is 1. The second-order valence-electron chi connectivity index (χ2n) is 3.46. The van der Waals surface area contributed by atoms with Crippen LogP contribution in [0.4, 0.5) is 14.5 Å². The Morgan fingerprint density at radius 3 is 2.71 bits per heavy atom. The van der Waals surface area contributed by atoms with Crippen LogP contribution in [0.25, 0.3) is 0 Å². The van der Waals surface area contributed by atoms with Crippen molar-refractivity contribution in [1.29, 1.82) is 0 Å². The summed E-state index contributed by atoms with van der Waals surface area (Å²) < 4.78 is 26.1. The molecule has 1 N–H and O–H groups in total. The number of aromatic nitrogens is 1. The van der Waals surface area contributed by atoms with Crippen molar-refractivity contribution in [3.05, 3.63) is 58.9 Å². The molecule has 2 rings (SSSR count). The zero-order chi connectivity index (χ0) is 12.3. The van der Waals surface area contributed by atoms with Gasteiger partial charge in [0.15, 0.2) is 5.82 Å². The summed E-state index contributed by atoms with van der Waals surface area (Å²) in [6, 6.07) is 5.90. The second-order valence-corrected chi connectivity index (χ2v) is 3.86. The third-order valence-corrected chi connectivity index (χ3v) is 2.53. The van der Waals surface area contributed by atoms with Gasteiger partial charge in [-0.25, -0.2) is 8.78 Å². The Labute approximate surface area is 102 Å². The van der Waals surface area contributed by atoms with E-state index in [-0.39, 0.29) is 5.02 Å². The Hall–Kier alpha value is -1.68. The molecule has 0 spiro atoms. The van der Waals surface area contributed by atoms with Gasteiger partial charge in [0.25, 0.3) is 0 Å². The van der Waals surface area contributed by atoms with Crippen LogP contribution in [-0.4, -0.2) is 4.98 Å². The summed E-state index contributed by atoms with van der Waals surface area (Å²) >= 11 is 5.64. The van der Waals surface area contributed by atoms with Gasteiger partial charge in [-0.3, -0.25) is 4.98 Å². The van der Waals surface area contributed by atoms with Crippen LogP contribution in [0.15, 0.2) is 36.7 Å². The fraction of sp³-hybridized carbons (Fsp3) is 0.0833. The van der Waals surface area contributed by atoms with Crippen LogP contribution in [0.2, 0.25) is 5.02 Å². The van der Waals surface area contributed by atoms with Gasteiger partial charge in [0.05, 0.1) is 16.9 Å². The molecule has 0 aliphatic carbocycles. The zero-order valence-electron chi connectivity index (χ0n) is 8.75. The first-order valence-electron chi connectivity index (χ1n) is 4.94. The van der Waals surface area contributed by atoms with E-state index >= 15 is 0 Å². The Morgan fingerprint density at radius 2 is 2.00 bits per heavy atom. The molecule has 5 heteroatoms. The second kappa shape index (κ2) is 5.10. The number of halogens is 3. The Balaban J connectivity index is 2.08. The summed E-state index contributed by atoms with van der Waals surface area (Å²) in [6.07, 6.45) is 2.61. The number of nitrogens with one attached hydrogen (secondary N) is 1. The van der Waals surface area contributed by atoms with Crippen LogP contribution in [0.5, 0.6) is 0 Å². The number of hydrogen-bond donors (Lipinski definition) is 1. The minimum atomic E-state index is -0.467. The minimum absolute atomic E-state index is 0.0551. The van der Waals surface area contributed by atoms with Gasteiger partial charge in [0.2, 0.25) is 0 Å². The van der Waals surface area contributed by atoms with E-state index in [9.17, 15) is 8.78 Å². The molecule has 0 fully saturated rings. The lowest BCUT2D eigenvalue weighted by Gasteiger charge is -2.07. The van der Waals surface area contributed by atoms with E-state index in [0.29, 0.717) is 12.2 Å². The van der Waals surface area contributed by atoms with Gasteiger partial charge in [0.1, 0.15) is 5.82 Å². The third-order valence-electron chi connectivity index (χ3n) is 2.24. The molecule has 0 aliphatic heterocycles. The summed E-state index contributed by atoms with van der Waals surface area (Å²) in [4.78, 5) is 3.64. The van der Waals surface area contributed by atoms with Gasteiger partial charge in [-0.15, -0.1) is 0 Å². The van der Waals surface area contributed by atoms with E-state index in [1.165, 1.54) is 24.4 Å². The smallest absolute Gasteiger partial charge is 0.164 e. The molecule has 1 aromatic heterocycles. The predicted molar refractivity (Wildman–Crippen MR) is 62.9 cm³/mol. The standard InChI is InChI=1S/C12H9ClF2N2/c13-9-5-8(1-2-10(9)14)6-17-12-3-4-16-7-11(12)15/h1-5,7H,6H2,(H,16,17). The summed E-state index contributed by atoms with van der Waals surface area (Å²) in [5.41, 5.74) is 1.12. The van der Waals surface area contributed by atoms with Gasteiger partial charge in [-0.05, 0) is 23.8 Å². The van der Waals surface area contributed by atoms with Gasteiger partial charge in [-0.1, -0.05) is 17.7 Å². The monoisotopic (exact) mass is 254 g/mol. The quantitative estimate of drug-likeness (QED) is 0.905. The molecule has 17 heavy (non-hydrogen) atoms. The summed E-state index contributed by atoms with van der Waals surface area (Å²) in [6.45, 7) is 0.362. The molecule has 88 valence electrons. The first kappa shape index (κ1) is 11.8. The van der Waals surface area contributed by atoms with Crippen LogP contribution in [0, 0.1) is 11.6 Å². The van der Waals surface area contributed by atoms with Crippen molar-refractivity contribution in [2.24, 2.45) is 0 Å². The van der Waals surface area contributed by atoms with E-state index in [4.69, 9.17) is 11.6 Å². The zero-order valence-corrected chi connectivity index (χ0v) is 9.51. The van der Waals surface area contributed by atoms with Crippen molar-refractivity contribution in [3.63, 3.8) is 0 Å². The summed E-state index contributed by atoms with van der Waals surface area (Å²) in [5, 5.41) is 2.93. The lowest BCUT2D eigenvalue weighted by atomic mass is 10.2. The van der Waals surface area contributed by atoms with Crippen LogP contribution in [0.1, 0.15) is 5.56 Å². The van der Waals surface area contributed by atoms with E-state index in [0.717, 1.165) is 11.8 Å². The molecule has 0 amide bonds. The lowest BCUT2D eigenvalue weighted by Crippen LogP contribution is -2.01. The Bertz CT molecular complexity index is 532. The van der Waals surface area contributed by atoms with E-state index in [2.05, 4.69) is 10.3 Å². The largest absolute Gasteiger partial charge is 0.379 e. The first-order valence-corrected chi connectivity index (χ1v) is 5.32. The summed E-state index contributed by atoms with van der Waals surface area (Å²) in [5.74, 6) is -0.897. The Morgan fingerprint density at radius 1 is 1.18 bits per heavy atom. The van der Waals surface area contributed by atoms with Crippen LogP contribution in [0.3, 0.4) is 0 Å². The first-order chi connectivity index (χ1) is 8.16. The Kier molecular flexibility index (Phi) is 3.54. The number of hydrogen-bond acceptors (Lipinski definition) is 2. The van der Waals surface area contributed by atoms with Crippen LogP contribution >= 0.6 is 11.6 Å². The normalized spacial score (nSPS) is 10.3. The highest BCUT2D eigenvalue weighted by Crippen LogP contribution is 2.18. The maximum Gasteiger partial charge on any atom is 0.164 e. The average molecular weight is 255 g/mol. The molecule has 0 saturated heterocycles. The van der Waals surface area contributed by atoms with Gasteiger partial charge in [-0.2, -0.15) is 0 Å². The molecule has 0 aliphatic rings. The molecule has 0 saturated carbocycles. The summed E-state index contributed by atoms with van der Waals surface area (Å²) in [7, 11) is 0. The molecule has 0 bridgehead atoms. The van der Waals surface area contributed by atoms with Gasteiger partial charge < -0.3 is 5.32 Å². The van der Waals surface area contributed by atoms with Crippen molar-refractivity contribution < 1.29 is 8.78 Å². The maximum absolute atomic E-state index is 13.2. The number of nitrogens with zero attached hydrogens (tertiary/aromatic N) is 1. The molecule has 2 nitrogen and oxygen atoms in total. The number of anilines is 1. The molecular formula is C12H9ClF2N2. The van der Waals surface area contributed by atoms with E-state index < -0.39 is 11.6 Å². The van der Waals surface area contributed by atoms with Crippen molar-refractivity contribution in [1.82, 2.24) is 4.98 Å². The molecule has 1 aromatic carbocycles. The molecule has 2 aromatic rings. The van der Waals surface area contributed by atoms with E-state index in [1.807, 2.05) is 0 Å². The van der Waals surface area contributed by atoms with Crippen molar-refractivity contribution in [2.45, 2.75) is 6.54 Å². The maximum atomic E-state index is 13.2. The average Bonchev–Trinajstić information content (AvgIpc) is 2.32. The molecule has 1 heterocycles. The molecule has 0 radical (unpaired) electrons. The van der Waals surface area contributed by atoms with Crippen molar-refractivity contribution in [3.8, 4) is 0 Å². The topological polar surface area (TPSA) is 24.9 Å². The molecular weight excluding hydrogens is 246 g/mol. The SMILES string of the molecule is Fc1ccc(CNc2ccncc2F)cc1Cl. The molecule has 0 unspecified atom stereocenters. The van der Waals surface area contributed by atoms with Crippen LogP contribution in [-0.2, 0) is 6.54 Å². The van der Waals surface area contributed by atoms with Crippen molar-refractivity contribution in [2.75, 3.05) is 5.32 Å². The highest BCUT2D eigenvalue weighted by Gasteiger charge is 2.03. The van der Waals surface area contributed by atoms with Crippen molar-refractivity contribution >= 4 is 17.3 Å². The fourth-order valence-corrected chi connectivity index (χ4v) is 1.57.